The Bertz CT molecular complexity index is 315. The van der Waals surface area contributed by atoms with Crippen LogP contribution >= 0.6 is 11.6 Å². The summed E-state index contributed by atoms with van der Waals surface area (Å²) in [6.45, 7) is 2.23. The lowest BCUT2D eigenvalue weighted by atomic mass is 9.88. The molecule has 0 aliphatic heterocycles. The molecule has 1 aromatic rings. The van der Waals surface area contributed by atoms with Crippen LogP contribution in [-0.2, 0) is 0 Å². The van der Waals surface area contributed by atoms with E-state index in [1.165, 1.54) is 25.5 Å². The van der Waals surface area contributed by atoms with E-state index in [0.29, 0.717) is 17.0 Å². The molecule has 0 radical (unpaired) electrons. The molecule has 0 aromatic carbocycles. The van der Waals surface area contributed by atoms with Crippen LogP contribution in [0, 0.1) is 5.92 Å². The summed E-state index contributed by atoms with van der Waals surface area (Å²) in [6.07, 6.45) is 8.31. The number of nitrogens with zero attached hydrogens (tertiary/aromatic N) is 2. The van der Waals surface area contributed by atoms with Crippen molar-refractivity contribution < 1.29 is 4.74 Å². The molecular formula is C11H15ClN2O. The highest BCUT2D eigenvalue weighted by molar-refractivity contribution is 6.29. The average molecular weight is 227 g/mol. The second-order valence-corrected chi connectivity index (χ2v) is 4.48. The predicted octanol–water partition coefficient (Wildman–Crippen LogP) is 3.09. The molecule has 1 heterocycles. The van der Waals surface area contributed by atoms with Crippen molar-refractivity contribution in [2.24, 2.45) is 5.92 Å². The first kappa shape index (κ1) is 10.7. The van der Waals surface area contributed by atoms with Crippen molar-refractivity contribution in [1.29, 1.82) is 0 Å². The van der Waals surface area contributed by atoms with Crippen molar-refractivity contribution in [3.05, 3.63) is 17.5 Å². The Morgan fingerprint density at radius 2 is 2.07 bits per heavy atom. The van der Waals surface area contributed by atoms with E-state index >= 15 is 0 Å². The van der Waals surface area contributed by atoms with E-state index in [1.807, 2.05) is 0 Å². The minimum atomic E-state index is 0.286. The Kier molecular flexibility index (Phi) is 3.41. The molecule has 82 valence electrons. The van der Waals surface area contributed by atoms with E-state index in [4.69, 9.17) is 16.3 Å². The first-order chi connectivity index (χ1) is 7.25. The van der Waals surface area contributed by atoms with Crippen LogP contribution in [0.15, 0.2) is 12.4 Å². The SMILES string of the molecule is CC1CCCCC1Oc1cnc(Cl)cn1. The van der Waals surface area contributed by atoms with Crippen LogP contribution in [0.2, 0.25) is 5.15 Å². The number of rotatable bonds is 2. The minimum Gasteiger partial charge on any atom is -0.473 e. The third-order valence-electron chi connectivity index (χ3n) is 2.90. The van der Waals surface area contributed by atoms with Crippen molar-refractivity contribution in [3.8, 4) is 5.88 Å². The predicted molar refractivity (Wildman–Crippen MR) is 59.1 cm³/mol. The monoisotopic (exact) mass is 226 g/mol. The largest absolute Gasteiger partial charge is 0.473 e. The molecule has 1 fully saturated rings. The number of ether oxygens (including phenoxy) is 1. The fourth-order valence-electron chi connectivity index (χ4n) is 1.97. The molecule has 1 aliphatic carbocycles. The third-order valence-corrected chi connectivity index (χ3v) is 3.10. The van der Waals surface area contributed by atoms with Crippen LogP contribution in [0.5, 0.6) is 5.88 Å². The van der Waals surface area contributed by atoms with Gasteiger partial charge in [0.25, 0.3) is 0 Å². The Balaban J connectivity index is 1.98. The standard InChI is InChI=1S/C11H15ClN2O/c1-8-4-2-3-5-9(8)15-11-7-13-10(12)6-14-11/h6-9H,2-5H2,1H3. The molecule has 0 N–H and O–H groups in total. The molecule has 15 heavy (non-hydrogen) atoms. The minimum absolute atomic E-state index is 0.286. The summed E-state index contributed by atoms with van der Waals surface area (Å²) >= 11 is 5.65. The van der Waals surface area contributed by atoms with Gasteiger partial charge < -0.3 is 4.74 Å². The normalized spacial score (nSPS) is 26.3. The third kappa shape index (κ3) is 2.81. The van der Waals surface area contributed by atoms with E-state index in [1.54, 1.807) is 6.20 Å². The molecule has 1 aliphatic rings. The highest BCUT2D eigenvalue weighted by Crippen LogP contribution is 2.27. The molecule has 0 saturated heterocycles. The van der Waals surface area contributed by atoms with Crippen molar-refractivity contribution in [2.45, 2.75) is 38.7 Å². The summed E-state index contributed by atoms with van der Waals surface area (Å²) in [5, 5.41) is 0.402. The summed E-state index contributed by atoms with van der Waals surface area (Å²) in [5.74, 6) is 1.19. The molecule has 0 spiro atoms. The molecule has 2 atom stereocenters. The van der Waals surface area contributed by atoms with E-state index in [9.17, 15) is 0 Å². The molecule has 2 unspecified atom stereocenters. The fraction of sp³-hybridized carbons (Fsp3) is 0.636. The van der Waals surface area contributed by atoms with Crippen LogP contribution in [0.4, 0.5) is 0 Å². The molecule has 3 nitrogen and oxygen atoms in total. The summed E-state index contributed by atoms with van der Waals surface area (Å²) in [5.41, 5.74) is 0. The number of aromatic nitrogens is 2. The molecular weight excluding hydrogens is 212 g/mol. The van der Waals surface area contributed by atoms with Gasteiger partial charge in [0.05, 0.1) is 12.4 Å². The smallest absolute Gasteiger partial charge is 0.232 e. The van der Waals surface area contributed by atoms with E-state index < -0.39 is 0 Å². The first-order valence-corrected chi connectivity index (χ1v) is 5.77. The van der Waals surface area contributed by atoms with E-state index in [-0.39, 0.29) is 6.10 Å². The lowest BCUT2D eigenvalue weighted by Gasteiger charge is -2.28. The molecule has 0 bridgehead atoms. The van der Waals surface area contributed by atoms with Gasteiger partial charge in [0.15, 0.2) is 0 Å². The van der Waals surface area contributed by atoms with Crippen molar-refractivity contribution in [1.82, 2.24) is 9.97 Å². The average Bonchev–Trinajstić information content (AvgIpc) is 2.25. The second-order valence-electron chi connectivity index (χ2n) is 4.10. The Hall–Kier alpha value is -0.830. The molecule has 1 saturated carbocycles. The summed E-state index contributed by atoms with van der Waals surface area (Å²) < 4.78 is 5.79. The van der Waals surface area contributed by atoms with Gasteiger partial charge in [-0.1, -0.05) is 24.9 Å². The summed E-state index contributed by atoms with van der Waals surface area (Å²) in [6, 6.07) is 0. The van der Waals surface area contributed by atoms with Crippen molar-refractivity contribution in [2.75, 3.05) is 0 Å². The van der Waals surface area contributed by atoms with Gasteiger partial charge >= 0.3 is 0 Å². The number of halogens is 1. The van der Waals surface area contributed by atoms with Crippen LogP contribution in [0.3, 0.4) is 0 Å². The Labute approximate surface area is 94.8 Å². The Morgan fingerprint density at radius 3 is 2.73 bits per heavy atom. The van der Waals surface area contributed by atoms with Crippen LogP contribution < -0.4 is 4.74 Å². The lowest BCUT2D eigenvalue weighted by molar-refractivity contribution is 0.0971. The van der Waals surface area contributed by atoms with Crippen LogP contribution in [-0.4, -0.2) is 16.1 Å². The maximum absolute atomic E-state index is 5.79. The van der Waals surface area contributed by atoms with E-state index in [2.05, 4.69) is 16.9 Å². The lowest BCUT2D eigenvalue weighted by Crippen LogP contribution is -2.28. The van der Waals surface area contributed by atoms with Gasteiger partial charge in [-0.2, -0.15) is 0 Å². The second kappa shape index (κ2) is 4.79. The fourth-order valence-corrected chi connectivity index (χ4v) is 2.07. The van der Waals surface area contributed by atoms with E-state index in [0.717, 1.165) is 6.42 Å². The van der Waals surface area contributed by atoms with Gasteiger partial charge in [0.2, 0.25) is 5.88 Å². The highest BCUT2D eigenvalue weighted by Gasteiger charge is 2.23. The molecule has 2 rings (SSSR count). The van der Waals surface area contributed by atoms with Crippen LogP contribution in [0.25, 0.3) is 0 Å². The van der Waals surface area contributed by atoms with Crippen molar-refractivity contribution in [3.63, 3.8) is 0 Å². The van der Waals surface area contributed by atoms with Gasteiger partial charge in [0, 0.05) is 0 Å². The van der Waals surface area contributed by atoms with Gasteiger partial charge in [-0.25, -0.2) is 9.97 Å². The molecule has 1 aromatic heterocycles. The van der Waals surface area contributed by atoms with Gasteiger partial charge in [-0.15, -0.1) is 0 Å². The zero-order chi connectivity index (χ0) is 10.7. The zero-order valence-electron chi connectivity index (χ0n) is 8.82. The topological polar surface area (TPSA) is 35.0 Å². The van der Waals surface area contributed by atoms with Gasteiger partial charge in [-0.05, 0) is 25.2 Å². The number of hydrogen-bond acceptors (Lipinski definition) is 3. The molecule has 0 amide bonds. The van der Waals surface area contributed by atoms with Crippen LogP contribution in [0.1, 0.15) is 32.6 Å². The number of hydrogen-bond donors (Lipinski definition) is 0. The van der Waals surface area contributed by atoms with Gasteiger partial charge in [0.1, 0.15) is 11.3 Å². The quantitative estimate of drug-likeness (QED) is 0.778. The molecule has 4 heteroatoms. The highest BCUT2D eigenvalue weighted by atomic mass is 35.5. The zero-order valence-corrected chi connectivity index (χ0v) is 9.57. The first-order valence-electron chi connectivity index (χ1n) is 5.40. The van der Waals surface area contributed by atoms with Gasteiger partial charge in [-0.3, -0.25) is 0 Å². The van der Waals surface area contributed by atoms with Crippen molar-refractivity contribution >= 4 is 11.6 Å². The summed E-state index contributed by atoms with van der Waals surface area (Å²) in [7, 11) is 0. The summed E-state index contributed by atoms with van der Waals surface area (Å²) in [4.78, 5) is 8.04. The Morgan fingerprint density at radius 1 is 1.27 bits per heavy atom. The maximum atomic E-state index is 5.79. The maximum Gasteiger partial charge on any atom is 0.232 e.